The highest BCUT2D eigenvalue weighted by molar-refractivity contribution is 6.30. The van der Waals surface area contributed by atoms with E-state index in [1.165, 1.54) is 0 Å². The largest absolute Gasteiger partial charge is 0.475 e. The van der Waals surface area contributed by atoms with Crippen molar-refractivity contribution in [1.82, 2.24) is 9.97 Å². The first-order valence-electron chi connectivity index (χ1n) is 5.68. The molecule has 1 heterocycles. The molecule has 1 unspecified atom stereocenters. The Morgan fingerprint density at radius 2 is 1.88 bits per heavy atom. The smallest absolute Gasteiger partial charge is 0.252 e. The Bertz CT molecular complexity index is 355. The van der Waals surface area contributed by atoms with Crippen LogP contribution in [0.5, 0.6) is 5.88 Å². The van der Waals surface area contributed by atoms with Crippen molar-refractivity contribution in [3.63, 3.8) is 0 Å². The number of hydrogen-bond acceptors (Lipinski definition) is 3. The molecule has 0 bridgehead atoms. The van der Waals surface area contributed by atoms with E-state index in [1.54, 1.807) is 0 Å². The zero-order valence-corrected chi connectivity index (χ0v) is 11.1. The van der Waals surface area contributed by atoms with E-state index in [0.29, 0.717) is 23.6 Å². The van der Waals surface area contributed by atoms with Gasteiger partial charge >= 0.3 is 0 Å². The molecule has 0 amide bonds. The van der Waals surface area contributed by atoms with Gasteiger partial charge in [0.2, 0.25) is 0 Å². The van der Waals surface area contributed by atoms with Crippen LogP contribution < -0.4 is 4.74 Å². The highest BCUT2D eigenvalue weighted by Crippen LogP contribution is 2.21. The average molecular weight is 243 g/mol. The van der Waals surface area contributed by atoms with Gasteiger partial charge in [-0.05, 0) is 26.2 Å². The van der Waals surface area contributed by atoms with Crippen molar-refractivity contribution in [2.75, 3.05) is 6.61 Å². The van der Waals surface area contributed by atoms with Crippen LogP contribution in [0.4, 0.5) is 0 Å². The van der Waals surface area contributed by atoms with Crippen molar-refractivity contribution >= 4 is 11.6 Å². The molecule has 0 aromatic carbocycles. The monoisotopic (exact) mass is 242 g/mol. The molecule has 16 heavy (non-hydrogen) atoms. The fourth-order valence-electron chi connectivity index (χ4n) is 1.44. The first-order valence-corrected chi connectivity index (χ1v) is 6.06. The Morgan fingerprint density at radius 3 is 2.50 bits per heavy atom. The number of ether oxygens (including phenoxy) is 1. The van der Waals surface area contributed by atoms with E-state index in [-0.39, 0.29) is 0 Å². The second kappa shape index (κ2) is 6.04. The van der Waals surface area contributed by atoms with E-state index in [2.05, 4.69) is 23.8 Å². The van der Waals surface area contributed by atoms with E-state index in [9.17, 15) is 0 Å². The molecular formula is C12H19ClN2O. The molecule has 1 atom stereocenters. The van der Waals surface area contributed by atoms with Gasteiger partial charge in [-0.2, -0.15) is 0 Å². The molecule has 0 aliphatic rings. The summed E-state index contributed by atoms with van der Waals surface area (Å²) in [6.45, 7) is 8.76. The summed E-state index contributed by atoms with van der Waals surface area (Å²) in [5.74, 6) is 0.970. The normalized spacial score (nSPS) is 12.6. The van der Waals surface area contributed by atoms with Gasteiger partial charge in [0.1, 0.15) is 0 Å². The van der Waals surface area contributed by atoms with E-state index in [1.807, 2.05) is 13.8 Å². The maximum atomic E-state index is 5.96. The Hall–Kier alpha value is -0.830. The third-order valence-corrected chi connectivity index (χ3v) is 2.77. The molecule has 1 rings (SSSR count). The van der Waals surface area contributed by atoms with Crippen LogP contribution in [0.25, 0.3) is 0 Å². The van der Waals surface area contributed by atoms with E-state index in [0.717, 1.165) is 24.2 Å². The minimum Gasteiger partial charge on any atom is -0.475 e. The van der Waals surface area contributed by atoms with Gasteiger partial charge in [0.15, 0.2) is 5.15 Å². The molecule has 1 aromatic heterocycles. The lowest BCUT2D eigenvalue weighted by atomic mass is 10.1. The molecule has 0 saturated heterocycles. The maximum Gasteiger partial charge on any atom is 0.252 e. The molecule has 3 nitrogen and oxygen atoms in total. The second-order valence-electron chi connectivity index (χ2n) is 4.20. The van der Waals surface area contributed by atoms with Crippen molar-refractivity contribution in [1.29, 1.82) is 0 Å². The van der Waals surface area contributed by atoms with Crippen LogP contribution in [-0.2, 0) is 0 Å². The summed E-state index contributed by atoms with van der Waals surface area (Å²) < 4.78 is 5.58. The van der Waals surface area contributed by atoms with E-state index >= 15 is 0 Å². The Kier molecular flexibility index (Phi) is 5.00. The molecule has 4 heteroatoms. The topological polar surface area (TPSA) is 35.0 Å². The molecule has 0 aliphatic heterocycles. The van der Waals surface area contributed by atoms with Crippen LogP contribution in [-0.4, -0.2) is 16.6 Å². The lowest BCUT2D eigenvalue weighted by Gasteiger charge is -2.12. The lowest BCUT2D eigenvalue weighted by molar-refractivity contribution is 0.242. The van der Waals surface area contributed by atoms with Gasteiger partial charge in [-0.15, -0.1) is 0 Å². The first-order chi connectivity index (χ1) is 7.54. The molecule has 1 aromatic rings. The summed E-state index contributed by atoms with van der Waals surface area (Å²) in [5.41, 5.74) is 1.71. The van der Waals surface area contributed by atoms with Gasteiger partial charge < -0.3 is 4.74 Å². The Balaban J connectivity index is 2.63. The molecule has 90 valence electrons. The summed E-state index contributed by atoms with van der Waals surface area (Å²) >= 11 is 5.96. The third-order valence-electron chi connectivity index (χ3n) is 2.52. The Morgan fingerprint density at radius 1 is 1.25 bits per heavy atom. The van der Waals surface area contributed by atoms with Gasteiger partial charge in [-0.1, -0.05) is 31.9 Å². The highest BCUT2D eigenvalue weighted by atomic mass is 35.5. The van der Waals surface area contributed by atoms with Gasteiger partial charge in [0.25, 0.3) is 5.88 Å². The molecule has 0 saturated carbocycles. The Labute approximate surface area is 102 Å². The minimum atomic E-state index is 0.354. The number of rotatable bonds is 5. The van der Waals surface area contributed by atoms with Gasteiger partial charge in [0.05, 0.1) is 18.0 Å². The fourth-order valence-corrected chi connectivity index (χ4v) is 1.67. The predicted octanol–water partition coefficient (Wildman–Crippen LogP) is 3.56. The summed E-state index contributed by atoms with van der Waals surface area (Å²) in [6, 6.07) is 0. The van der Waals surface area contributed by atoms with E-state index in [4.69, 9.17) is 16.3 Å². The number of halogens is 1. The molecule has 0 radical (unpaired) electrons. The molecular weight excluding hydrogens is 224 g/mol. The molecule has 0 N–H and O–H groups in total. The van der Waals surface area contributed by atoms with Gasteiger partial charge in [-0.25, -0.2) is 9.97 Å². The quantitative estimate of drug-likeness (QED) is 0.792. The van der Waals surface area contributed by atoms with Crippen molar-refractivity contribution in [2.24, 2.45) is 5.92 Å². The van der Waals surface area contributed by atoms with Crippen molar-refractivity contribution in [2.45, 2.75) is 40.5 Å². The van der Waals surface area contributed by atoms with Crippen LogP contribution in [0.3, 0.4) is 0 Å². The summed E-state index contributed by atoms with van der Waals surface area (Å²) in [6.07, 6.45) is 2.31. The number of aryl methyl sites for hydroxylation is 2. The van der Waals surface area contributed by atoms with Crippen LogP contribution in [0.1, 0.15) is 38.1 Å². The van der Waals surface area contributed by atoms with Crippen molar-refractivity contribution in [3.05, 3.63) is 16.5 Å². The summed E-state index contributed by atoms with van der Waals surface area (Å²) in [4.78, 5) is 8.46. The van der Waals surface area contributed by atoms with E-state index < -0.39 is 0 Å². The second-order valence-corrected chi connectivity index (χ2v) is 4.55. The van der Waals surface area contributed by atoms with Crippen LogP contribution >= 0.6 is 11.6 Å². The lowest BCUT2D eigenvalue weighted by Crippen LogP contribution is -2.10. The number of hydrogen-bond donors (Lipinski definition) is 0. The third kappa shape index (κ3) is 3.63. The molecule has 0 spiro atoms. The van der Waals surface area contributed by atoms with Gasteiger partial charge in [0, 0.05) is 0 Å². The standard InChI is InChI=1S/C12H19ClN2O/c1-5-6-8(2)7-16-12-11(13)14-9(3)10(4)15-12/h8H,5-7H2,1-4H3. The summed E-state index contributed by atoms with van der Waals surface area (Å²) in [7, 11) is 0. The molecule has 0 aliphatic carbocycles. The zero-order chi connectivity index (χ0) is 12.1. The molecule has 0 fully saturated rings. The number of nitrogens with zero attached hydrogens (tertiary/aromatic N) is 2. The maximum absolute atomic E-state index is 5.96. The summed E-state index contributed by atoms with van der Waals surface area (Å²) in [5, 5.41) is 0.354. The fraction of sp³-hybridized carbons (Fsp3) is 0.667. The predicted molar refractivity (Wildman–Crippen MR) is 66.1 cm³/mol. The van der Waals surface area contributed by atoms with Crippen molar-refractivity contribution < 1.29 is 4.74 Å². The zero-order valence-electron chi connectivity index (χ0n) is 10.4. The van der Waals surface area contributed by atoms with Gasteiger partial charge in [-0.3, -0.25) is 0 Å². The highest BCUT2D eigenvalue weighted by Gasteiger charge is 2.10. The SMILES string of the molecule is CCCC(C)COc1nc(C)c(C)nc1Cl. The van der Waals surface area contributed by atoms with Crippen LogP contribution in [0, 0.1) is 19.8 Å². The van der Waals surface area contributed by atoms with Crippen LogP contribution in [0.15, 0.2) is 0 Å². The minimum absolute atomic E-state index is 0.354. The first kappa shape index (κ1) is 13.2. The number of aromatic nitrogens is 2. The van der Waals surface area contributed by atoms with Crippen molar-refractivity contribution in [3.8, 4) is 5.88 Å². The van der Waals surface area contributed by atoms with Crippen LogP contribution in [0.2, 0.25) is 5.15 Å². The average Bonchev–Trinajstić information content (AvgIpc) is 2.22.